The van der Waals surface area contributed by atoms with E-state index in [4.69, 9.17) is 5.11 Å². The van der Waals surface area contributed by atoms with Crippen LogP contribution in [-0.4, -0.2) is 41.1 Å². The third-order valence-corrected chi connectivity index (χ3v) is 18.5. The number of aliphatic hydroxyl groups excluding tert-OH is 1. The SMILES string of the molecule is CCCCCCCc1ccccc1-c1ccc(-c2nn(C)c3ccc(Br)cc23)c(F)c1.CCCCCCc1ccccc1-c1ccc(-c2nn(C)c3ccc(Br)cc23)c(F)c1.Cn1nc(-c2ccc(-c3ccccc3CCCCCO)cc2F)c2cc(Br)ccc21. The maximum Gasteiger partial charge on any atom is 0.133 e. The number of halogens is 6. The van der Waals surface area contributed by atoms with Gasteiger partial charge in [-0.15, -0.1) is 0 Å². The second kappa shape index (κ2) is 31.7. The lowest BCUT2D eigenvalue weighted by atomic mass is 9.94. The Kier molecular flexibility index (Phi) is 23.2. The second-order valence-electron chi connectivity index (χ2n) is 23.5. The van der Waals surface area contributed by atoms with Crippen molar-refractivity contribution >= 4 is 80.5 Å². The fourth-order valence-electron chi connectivity index (χ4n) is 12.3. The van der Waals surface area contributed by atoms with Crippen molar-refractivity contribution in [2.24, 2.45) is 21.1 Å². The Morgan fingerprint density at radius 2 is 0.637 bits per heavy atom. The highest BCUT2D eigenvalue weighted by Crippen LogP contribution is 2.39. The Morgan fingerprint density at radius 3 is 0.945 bits per heavy atom. The molecule has 0 atom stereocenters. The molecule has 9 aromatic carbocycles. The minimum Gasteiger partial charge on any atom is -0.396 e. The van der Waals surface area contributed by atoms with Gasteiger partial charge >= 0.3 is 0 Å². The molecule has 0 aliphatic heterocycles. The quantitative estimate of drug-likeness (QED) is 0.0686. The number of aryl methyl sites for hydroxylation is 6. The van der Waals surface area contributed by atoms with E-state index in [1.165, 1.54) is 74.5 Å². The summed E-state index contributed by atoms with van der Waals surface area (Å²) in [7, 11) is 5.66. The molecule has 0 aliphatic rings. The van der Waals surface area contributed by atoms with Crippen molar-refractivity contribution in [2.75, 3.05) is 6.61 Å². The molecular formula is C78H78Br3F3N6O. The minimum absolute atomic E-state index is 0.229. The zero-order chi connectivity index (χ0) is 64.0. The summed E-state index contributed by atoms with van der Waals surface area (Å²) in [6, 6.07) is 59.3. The van der Waals surface area contributed by atoms with Gasteiger partial charge in [0.1, 0.15) is 34.5 Å². The lowest BCUT2D eigenvalue weighted by Crippen LogP contribution is -1.94. The molecule has 3 heterocycles. The van der Waals surface area contributed by atoms with Crippen molar-refractivity contribution in [3.05, 3.63) is 230 Å². The molecule has 3 aromatic heterocycles. The third kappa shape index (κ3) is 16.1. The number of hydrogen-bond acceptors (Lipinski definition) is 4. The molecule has 0 spiro atoms. The Balaban J connectivity index is 0.000000150. The average Bonchev–Trinajstić information content (AvgIpc) is 1.71. The van der Waals surface area contributed by atoms with E-state index < -0.39 is 0 Å². The minimum atomic E-state index is -0.275. The molecule has 12 rings (SSSR count). The smallest absolute Gasteiger partial charge is 0.133 e. The maximum absolute atomic E-state index is 15.3. The van der Waals surface area contributed by atoms with Crippen LogP contribution in [0.2, 0.25) is 0 Å². The van der Waals surface area contributed by atoms with Crippen molar-refractivity contribution in [1.82, 2.24) is 29.3 Å². The van der Waals surface area contributed by atoms with Gasteiger partial charge in [0.05, 0.1) is 16.6 Å². The summed E-state index contributed by atoms with van der Waals surface area (Å²) in [6.07, 6.45) is 16.9. The summed E-state index contributed by atoms with van der Waals surface area (Å²) >= 11 is 10.5. The summed E-state index contributed by atoms with van der Waals surface area (Å²) < 4.78 is 54.1. The highest BCUT2D eigenvalue weighted by molar-refractivity contribution is 9.11. The molecule has 12 aromatic rings. The van der Waals surface area contributed by atoms with Crippen LogP contribution in [0, 0.1) is 17.5 Å². The van der Waals surface area contributed by atoms with Crippen molar-refractivity contribution in [3.8, 4) is 67.2 Å². The predicted molar refractivity (Wildman–Crippen MR) is 383 cm³/mol. The van der Waals surface area contributed by atoms with Gasteiger partial charge in [0.2, 0.25) is 0 Å². The molecule has 0 saturated carbocycles. The van der Waals surface area contributed by atoms with Crippen LogP contribution in [0.3, 0.4) is 0 Å². The zero-order valence-electron chi connectivity index (χ0n) is 52.5. The van der Waals surface area contributed by atoms with E-state index in [-0.39, 0.29) is 24.1 Å². The van der Waals surface area contributed by atoms with Gasteiger partial charge in [0.15, 0.2) is 0 Å². The normalized spacial score (nSPS) is 11.3. The van der Waals surface area contributed by atoms with E-state index in [1.54, 1.807) is 32.2 Å². The van der Waals surface area contributed by atoms with E-state index in [0.717, 1.165) is 118 Å². The zero-order valence-corrected chi connectivity index (χ0v) is 57.3. The first-order valence-corrected chi connectivity index (χ1v) is 34.2. The van der Waals surface area contributed by atoms with Crippen LogP contribution in [0.25, 0.3) is 99.9 Å². The van der Waals surface area contributed by atoms with Crippen LogP contribution >= 0.6 is 47.8 Å². The van der Waals surface area contributed by atoms with E-state index in [9.17, 15) is 0 Å². The standard InChI is InChI=1S/C27H28BrFN2.C26H26BrFN2.C25H24BrFN2O/c1-3-4-5-6-7-10-19-11-8-9-12-22(19)20-13-15-23(25(29)17-20)27-24-18-21(28)14-16-26(24)31(2)30-27;1-3-4-5-6-9-18-10-7-8-11-21(18)19-12-14-22(24(28)16-19)26-23-17-20(27)13-15-25(23)30(2)29-26;1-29-24-13-11-19(26)16-22(24)25(28-29)21-12-10-18(15-23(21)27)20-9-5-4-8-17(20)7-3-2-6-14-30/h8-9,11-18H,3-7,10H2,1-2H3;7-8,10-17H,3-6,9H2,1-2H3;4-5,8-13,15-16,30H,2-3,6-7,14H2,1H3. The lowest BCUT2D eigenvalue weighted by molar-refractivity contribution is 0.283. The van der Waals surface area contributed by atoms with Gasteiger partial charge in [-0.2, -0.15) is 15.3 Å². The number of rotatable bonds is 22. The van der Waals surface area contributed by atoms with Crippen molar-refractivity contribution in [1.29, 1.82) is 0 Å². The Bertz CT molecular complexity index is 4270. The molecular weight excluding hydrogens is 1330 g/mol. The van der Waals surface area contributed by atoms with Gasteiger partial charge in [-0.1, -0.05) is 204 Å². The molecule has 468 valence electrons. The molecule has 13 heteroatoms. The largest absolute Gasteiger partial charge is 0.396 e. The van der Waals surface area contributed by atoms with Crippen LogP contribution in [0.5, 0.6) is 0 Å². The van der Waals surface area contributed by atoms with Gasteiger partial charge in [0, 0.05) is 74.0 Å². The Labute approximate surface area is 558 Å². The molecule has 0 unspecified atom stereocenters. The monoisotopic (exact) mass is 1410 g/mol. The average molecular weight is 1410 g/mol. The Hall–Kier alpha value is -7.42. The van der Waals surface area contributed by atoms with Crippen molar-refractivity contribution in [3.63, 3.8) is 0 Å². The van der Waals surface area contributed by atoms with Gasteiger partial charge in [-0.3, -0.25) is 14.0 Å². The number of aromatic nitrogens is 6. The predicted octanol–water partition coefficient (Wildman–Crippen LogP) is 22.8. The van der Waals surface area contributed by atoms with E-state index in [2.05, 4.69) is 119 Å². The first-order chi connectivity index (χ1) is 44.2. The molecule has 91 heavy (non-hydrogen) atoms. The number of hydrogen-bond donors (Lipinski definition) is 1. The third-order valence-electron chi connectivity index (χ3n) is 17.0. The van der Waals surface area contributed by atoms with Crippen LogP contribution < -0.4 is 0 Å². The molecule has 0 amide bonds. The van der Waals surface area contributed by atoms with E-state index >= 15 is 13.2 Å². The summed E-state index contributed by atoms with van der Waals surface area (Å²) in [6.45, 7) is 4.69. The summed E-state index contributed by atoms with van der Waals surface area (Å²) in [5.74, 6) is -0.758. The lowest BCUT2D eigenvalue weighted by Gasteiger charge is -2.11. The fraction of sp³-hybridized carbons (Fsp3) is 0.269. The molecule has 0 saturated heterocycles. The van der Waals surface area contributed by atoms with Gasteiger partial charge in [-0.25, -0.2) is 13.2 Å². The number of benzene rings is 9. The molecule has 1 N–H and O–H groups in total. The second-order valence-corrected chi connectivity index (χ2v) is 26.2. The van der Waals surface area contributed by atoms with E-state index in [0.29, 0.717) is 33.8 Å². The maximum atomic E-state index is 15.3. The van der Waals surface area contributed by atoms with Crippen molar-refractivity contribution in [2.45, 2.75) is 110 Å². The first kappa shape index (κ1) is 66.5. The van der Waals surface area contributed by atoms with Crippen LogP contribution in [0.1, 0.15) is 108 Å². The van der Waals surface area contributed by atoms with E-state index in [1.807, 2.05) is 142 Å². The molecule has 0 radical (unpaired) electrons. The highest BCUT2D eigenvalue weighted by atomic mass is 79.9. The van der Waals surface area contributed by atoms with Crippen LogP contribution in [0.4, 0.5) is 13.2 Å². The number of nitrogens with zero attached hydrogens (tertiary/aromatic N) is 6. The molecule has 0 aliphatic carbocycles. The topological polar surface area (TPSA) is 73.7 Å². The molecule has 0 bridgehead atoms. The first-order valence-electron chi connectivity index (χ1n) is 31.9. The van der Waals surface area contributed by atoms with Crippen molar-refractivity contribution < 1.29 is 18.3 Å². The highest BCUT2D eigenvalue weighted by Gasteiger charge is 2.20. The number of fused-ring (bicyclic) bond motifs is 3. The summed E-state index contributed by atoms with van der Waals surface area (Å²) in [5, 5.41) is 25.6. The summed E-state index contributed by atoms with van der Waals surface area (Å²) in [4.78, 5) is 0. The van der Waals surface area contributed by atoms with Crippen LogP contribution in [0.15, 0.2) is 195 Å². The number of unbranched alkanes of at least 4 members (excludes halogenated alkanes) is 9. The van der Waals surface area contributed by atoms with Gasteiger partial charge in [-0.05, 0) is 186 Å². The molecule has 7 nitrogen and oxygen atoms in total. The number of aliphatic hydroxyl groups is 1. The summed E-state index contributed by atoms with van der Waals surface area (Å²) in [5.41, 5.74) is 16.3. The fourth-order valence-corrected chi connectivity index (χ4v) is 13.3. The Morgan fingerprint density at radius 1 is 0.341 bits per heavy atom. The van der Waals surface area contributed by atoms with Crippen LogP contribution in [-0.2, 0) is 40.4 Å². The molecule has 0 fully saturated rings. The van der Waals surface area contributed by atoms with Gasteiger partial charge < -0.3 is 5.11 Å². The van der Waals surface area contributed by atoms with Gasteiger partial charge in [0.25, 0.3) is 0 Å².